The predicted octanol–water partition coefficient (Wildman–Crippen LogP) is 3.80. The molecule has 0 saturated carbocycles. The lowest BCUT2D eigenvalue weighted by Gasteiger charge is -2.03. The van der Waals surface area contributed by atoms with Crippen molar-refractivity contribution in [3.63, 3.8) is 0 Å². The second-order valence-electron chi connectivity index (χ2n) is 4.12. The molecular weight excluding hydrogens is 268 g/mol. The Morgan fingerprint density at radius 2 is 1.81 bits per heavy atom. The van der Waals surface area contributed by atoms with Gasteiger partial charge in [-0.25, -0.2) is 4.79 Å². The molecule has 2 aromatic carbocycles. The van der Waals surface area contributed by atoms with Crippen LogP contribution < -0.4 is 0 Å². The van der Waals surface area contributed by atoms with Gasteiger partial charge in [0.15, 0.2) is 0 Å². The molecular formula is C16H14N2O3. The zero-order valence-electron chi connectivity index (χ0n) is 11.5. The number of benzene rings is 2. The molecule has 2 rings (SSSR count). The first kappa shape index (κ1) is 14.5. The number of methoxy groups -OCH3 is 1. The van der Waals surface area contributed by atoms with E-state index in [-0.39, 0.29) is 0 Å². The predicted molar refractivity (Wildman–Crippen MR) is 79.3 cm³/mol. The number of azo groups is 1. The second-order valence-corrected chi connectivity index (χ2v) is 4.12. The number of hydrogen-bond acceptors (Lipinski definition) is 4. The van der Waals surface area contributed by atoms with Crippen molar-refractivity contribution >= 4 is 23.4 Å². The molecule has 0 aliphatic rings. The summed E-state index contributed by atoms with van der Waals surface area (Å²) in [6, 6.07) is 15.8. The Hall–Kier alpha value is -2.95. The molecule has 0 atom stereocenters. The molecule has 0 radical (unpaired) electrons. The third-order valence-electron chi connectivity index (χ3n) is 2.71. The normalized spacial score (nSPS) is 11.6. The van der Waals surface area contributed by atoms with E-state index in [1.807, 2.05) is 6.07 Å². The summed E-state index contributed by atoms with van der Waals surface area (Å²) in [6.45, 7) is 0. The molecule has 0 spiro atoms. The number of nitrogens with zero attached hydrogens (tertiary/aromatic N) is 2. The van der Waals surface area contributed by atoms with Crippen molar-refractivity contribution in [1.29, 1.82) is 0 Å². The van der Waals surface area contributed by atoms with Crippen molar-refractivity contribution in [2.45, 2.75) is 0 Å². The van der Waals surface area contributed by atoms with Gasteiger partial charge in [0.05, 0.1) is 12.7 Å². The summed E-state index contributed by atoms with van der Waals surface area (Å²) in [5.74, 6) is -0.484. The number of para-hydroxylation sites is 1. The number of hydrogen-bond donors (Lipinski definition) is 0. The highest BCUT2D eigenvalue weighted by atomic mass is 16.5. The molecule has 5 nitrogen and oxygen atoms in total. The minimum atomic E-state index is -0.484. The van der Waals surface area contributed by atoms with Gasteiger partial charge in [0.25, 0.3) is 5.69 Å². The average molecular weight is 282 g/mol. The SMILES string of the molecule is COC(=O)/C=C/c1ccccc1[N+]([O-])=Nc1ccccc1. The van der Waals surface area contributed by atoms with Crippen LogP contribution in [0, 0.1) is 5.21 Å². The molecule has 0 unspecified atom stereocenters. The van der Waals surface area contributed by atoms with Crippen LogP contribution in [0.25, 0.3) is 6.08 Å². The number of ether oxygens (including phenoxy) is 1. The van der Waals surface area contributed by atoms with E-state index in [0.29, 0.717) is 21.8 Å². The van der Waals surface area contributed by atoms with E-state index in [1.165, 1.54) is 19.3 Å². The van der Waals surface area contributed by atoms with Crippen molar-refractivity contribution in [2.75, 3.05) is 7.11 Å². The number of carbonyl (C=O) groups excluding carboxylic acids is 1. The fourth-order valence-corrected chi connectivity index (χ4v) is 1.68. The fourth-order valence-electron chi connectivity index (χ4n) is 1.68. The zero-order chi connectivity index (χ0) is 15.1. The number of carbonyl (C=O) groups is 1. The fraction of sp³-hybridized carbons (Fsp3) is 0.0625. The minimum Gasteiger partial charge on any atom is -0.594 e. The van der Waals surface area contributed by atoms with Gasteiger partial charge in [-0.2, -0.15) is 0 Å². The molecule has 0 aromatic heterocycles. The quantitative estimate of drug-likeness (QED) is 0.282. The van der Waals surface area contributed by atoms with Crippen LogP contribution in [-0.2, 0) is 9.53 Å². The van der Waals surface area contributed by atoms with E-state index in [0.717, 1.165) is 0 Å². The molecule has 0 aliphatic carbocycles. The molecule has 0 amide bonds. The maximum absolute atomic E-state index is 12.1. The largest absolute Gasteiger partial charge is 0.594 e. The number of esters is 1. The smallest absolute Gasteiger partial charge is 0.330 e. The van der Waals surface area contributed by atoms with Gasteiger partial charge in [-0.3, -0.25) is 0 Å². The second kappa shape index (κ2) is 7.00. The van der Waals surface area contributed by atoms with Crippen LogP contribution in [0.2, 0.25) is 0 Å². The molecule has 0 aliphatic heterocycles. The van der Waals surface area contributed by atoms with Crippen LogP contribution in [0.15, 0.2) is 65.8 Å². The van der Waals surface area contributed by atoms with Crippen LogP contribution in [0.5, 0.6) is 0 Å². The van der Waals surface area contributed by atoms with Crippen LogP contribution in [0.4, 0.5) is 11.4 Å². The molecule has 21 heavy (non-hydrogen) atoms. The van der Waals surface area contributed by atoms with Gasteiger partial charge in [-0.1, -0.05) is 30.3 Å². The first-order valence-electron chi connectivity index (χ1n) is 6.30. The summed E-state index contributed by atoms with van der Waals surface area (Å²) in [5, 5.41) is 16.1. The van der Waals surface area contributed by atoms with Gasteiger partial charge in [0.1, 0.15) is 5.69 Å². The van der Waals surface area contributed by atoms with E-state index >= 15 is 0 Å². The third kappa shape index (κ3) is 4.01. The van der Waals surface area contributed by atoms with E-state index < -0.39 is 5.97 Å². The number of rotatable bonds is 4. The first-order chi connectivity index (χ1) is 10.2. The van der Waals surface area contributed by atoms with Crippen LogP contribution >= 0.6 is 0 Å². The van der Waals surface area contributed by atoms with Gasteiger partial charge in [0, 0.05) is 17.3 Å². The average Bonchev–Trinajstić information content (AvgIpc) is 2.53. The molecule has 106 valence electrons. The van der Waals surface area contributed by atoms with Crippen LogP contribution in [0.1, 0.15) is 5.56 Å². The van der Waals surface area contributed by atoms with Crippen molar-refractivity contribution in [3.05, 3.63) is 71.4 Å². The maximum Gasteiger partial charge on any atom is 0.330 e. The third-order valence-corrected chi connectivity index (χ3v) is 2.71. The first-order valence-corrected chi connectivity index (χ1v) is 6.30. The summed E-state index contributed by atoms with van der Waals surface area (Å²) in [5.41, 5.74) is 1.48. The Labute approximate surface area is 122 Å². The van der Waals surface area contributed by atoms with Crippen molar-refractivity contribution in [2.24, 2.45) is 5.11 Å². The molecule has 5 heteroatoms. The maximum atomic E-state index is 12.1. The van der Waals surface area contributed by atoms with E-state index in [1.54, 1.807) is 48.5 Å². The van der Waals surface area contributed by atoms with Gasteiger partial charge < -0.3 is 9.94 Å². The Morgan fingerprint density at radius 3 is 2.52 bits per heavy atom. The lowest BCUT2D eigenvalue weighted by atomic mass is 10.1. The highest BCUT2D eigenvalue weighted by Gasteiger charge is 2.09. The molecule has 0 saturated heterocycles. The van der Waals surface area contributed by atoms with E-state index in [9.17, 15) is 10.0 Å². The minimum absolute atomic E-state index is 0.349. The van der Waals surface area contributed by atoms with Gasteiger partial charge in [-0.15, -0.1) is 0 Å². The van der Waals surface area contributed by atoms with Gasteiger partial charge in [-0.05, 0) is 29.1 Å². The van der Waals surface area contributed by atoms with Crippen molar-refractivity contribution < 1.29 is 14.4 Å². The highest BCUT2D eigenvalue weighted by Crippen LogP contribution is 2.22. The van der Waals surface area contributed by atoms with E-state index in [4.69, 9.17) is 0 Å². The summed E-state index contributed by atoms with van der Waals surface area (Å²) in [7, 11) is 1.29. The summed E-state index contributed by atoms with van der Waals surface area (Å²) in [4.78, 5) is 11.7. The standard InChI is InChI=1S/C16H14N2O3/c1-21-16(19)12-11-13-7-5-6-10-15(13)18(20)17-14-8-3-2-4-9-14/h2-12H,1H3/b12-11+,18-17?. The van der Waals surface area contributed by atoms with Crippen LogP contribution in [0.3, 0.4) is 0 Å². The Kier molecular flexibility index (Phi) is 4.82. The Bertz CT molecular complexity index is 679. The monoisotopic (exact) mass is 282 g/mol. The molecule has 0 N–H and O–H groups in total. The molecule has 2 aromatic rings. The van der Waals surface area contributed by atoms with E-state index in [2.05, 4.69) is 9.85 Å². The topological polar surface area (TPSA) is 64.7 Å². The summed E-state index contributed by atoms with van der Waals surface area (Å²) >= 11 is 0. The Balaban J connectivity index is 2.33. The van der Waals surface area contributed by atoms with Gasteiger partial charge in [0.2, 0.25) is 0 Å². The summed E-state index contributed by atoms with van der Waals surface area (Å²) in [6.07, 6.45) is 2.78. The lowest BCUT2D eigenvalue weighted by Crippen LogP contribution is -1.96. The van der Waals surface area contributed by atoms with Crippen LogP contribution in [-0.4, -0.2) is 17.9 Å². The van der Waals surface area contributed by atoms with Crippen molar-refractivity contribution in [1.82, 2.24) is 0 Å². The Morgan fingerprint density at radius 1 is 1.14 bits per heavy atom. The van der Waals surface area contributed by atoms with Crippen molar-refractivity contribution in [3.8, 4) is 0 Å². The lowest BCUT2D eigenvalue weighted by molar-refractivity contribution is -0.435. The zero-order valence-corrected chi connectivity index (χ0v) is 11.5. The summed E-state index contributed by atoms with van der Waals surface area (Å²) < 4.78 is 4.53. The highest BCUT2D eigenvalue weighted by molar-refractivity contribution is 5.87. The molecule has 0 bridgehead atoms. The van der Waals surface area contributed by atoms with Gasteiger partial charge >= 0.3 is 5.97 Å². The molecule has 0 fully saturated rings. The molecule has 0 heterocycles.